The Morgan fingerprint density at radius 3 is 2.56 bits per heavy atom. The number of imide groups is 1. The second-order valence-electron chi connectivity index (χ2n) is 5.35. The van der Waals surface area contributed by atoms with Crippen LogP contribution >= 0.6 is 11.6 Å². The molecule has 0 aliphatic heterocycles. The van der Waals surface area contributed by atoms with Crippen LogP contribution in [-0.4, -0.2) is 18.5 Å². The fraction of sp³-hybridized carbons (Fsp3) is 0.167. The van der Waals surface area contributed by atoms with E-state index in [9.17, 15) is 9.59 Å². The second kappa shape index (κ2) is 8.18. The Hall–Kier alpha value is -3.04. The first kappa shape index (κ1) is 18.3. The Morgan fingerprint density at radius 2 is 1.92 bits per heavy atom. The van der Waals surface area contributed by atoms with Gasteiger partial charge in [-0.3, -0.25) is 10.1 Å². The second-order valence-corrected chi connectivity index (χ2v) is 5.75. The molecule has 0 aliphatic rings. The summed E-state index contributed by atoms with van der Waals surface area (Å²) in [6, 6.07) is 11.2. The molecule has 0 aliphatic carbocycles. The number of halogens is 1. The average molecular weight is 358 g/mol. The fourth-order valence-electron chi connectivity index (χ4n) is 1.97. The number of benzene rings is 2. The Bertz CT molecular complexity index is 859. The first-order valence-corrected chi connectivity index (χ1v) is 7.77. The van der Waals surface area contributed by atoms with E-state index in [1.54, 1.807) is 6.07 Å². The lowest BCUT2D eigenvalue weighted by molar-refractivity contribution is -0.121. The molecule has 128 valence electrons. The van der Waals surface area contributed by atoms with Gasteiger partial charge >= 0.3 is 6.03 Å². The number of aryl methyl sites for hydroxylation is 2. The number of amides is 3. The van der Waals surface area contributed by atoms with E-state index in [0.29, 0.717) is 11.3 Å². The highest BCUT2D eigenvalue weighted by Gasteiger charge is 2.11. The largest absolute Gasteiger partial charge is 0.482 e. The quantitative estimate of drug-likeness (QED) is 0.875. The first-order valence-electron chi connectivity index (χ1n) is 7.39. The van der Waals surface area contributed by atoms with Crippen LogP contribution in [0.3, 0.4) is 0 Å². The molecule has 25 heavy (non-hydrogen) atoms. The maximum Gasteiger partial charge on any atom is 0.325 e. The number of nitrogens with zero attached hydrogens (tertiary/aromatic N) is 1. The highest BCUT2D eigenvalue weighted by Crippen LogP contribution is 2.25. The highest BCUT2D eigenvalue weighted by molar-refractivity contribution is 6.32. The van der Waals surface area contributed by atoms with Crippen LogP contribution in [0.5, 0.6) is 5.75 Å². The van der Waals surface area contributed by atoms with E-state index in [2.05, 4.69) is 10.6 Å². The molecule has 2 aromatic rings. The minimum absolute atomic E-state index is 0.214. The van der Waals surface area contributed by atoms with Crippen LogP contribution in [0.25, 0.3) is 0 Å². The summed E-state index contributed by atoms with van der Waals surface area (Å²) >= 11 is 5.95. The Morgan fingerprint density at radius 1 is 1.16 bits per heavy atom. The van der Waals surface area contributed by atoms with Gasteiger partial charge in [0.25, 0.3) is 5.91 Å². The monoisotopic (exact) mass is 357 g/mol. The molecule has 0 heterocycles. The van der Waals surface area contributed by atoms with Gasteiger partial charge in [0.05, 0.1) is 16.7 Å². The van der Waals surface area contributed by atoms with Crippen molar-refractivity contribution in [1.29, 1.82) is 5.26 Å². The van der Waals surface area contributed by atoms with E-state index >= 15 is 0 Å². The fourth-order valence-corrected chi connectivity index (χ4v) is 2.21. The molecule has 0 bridgehead atoms. The summed E-state index contributed by atoms with van der Waals surface area (Å²) in [5, 5.41) is 13.7. The van der Waals surface area contributed by atoms with Crippen molar-refractivity contribution in [2.45, 2.75) is 13.8 Å². The predicted molar refractivity (Wildman–Crippen MR) is 94.7 cm³/mol. The maximum atomic E-state index is 11.8. The van der Waals surface area contributed by atoms with E-state index in [1.807, 2.05) is 32.0 Å². The van der Waals surface area contributed by atoms with Crippen molar-refractivity contribution in [1.82, 2.24) is 5.32 Å². The molecule has 0 unspecified atom stereocenters. The predicted octanol–water partition coefficient (Wildman–Crippen LogP) is 3.56. The molecule has 2 aromatic carbocycles. The third kappa shape index (κ3) is 5.23. The van der Waals surface area contributed by atoms with Gasteiger partial charge in [-0.25, -0.2) is 4.79 Å². The molecule has 6 nitrogen and oxygen atoms in total. The van der Waals surface area contributed by atoms with Gasteiger partial charge in [0.1, 0.15) is 5.75 Å². The van der Waals surface area contributed by atoms with Crippen LogP contribution in [0.4, 0.5) is 10.5 Å². The standard InChI is InChI=1S/C18H16ClN3O3/c1-11-3-5-14(7-12(11)2)21-18(24)22-17(23)10-25-16-6-4-13(9-20)8-15(16)19/h3-8H,10H2,1-2H3,(H2,21,22,23,24). The van der Waals surface area contributed by atoms with Crippen LogP contribution in [-0.2, 0) is 4.79 Å². The minimum atomic E-state index is -0.650. The van der Waals surface area contributed by atoms with Gasteiger partial charge in [-0.15, -0.1) is 0 Å². The minimum Gasteiger partial charge on any atom is -0.482 e. The molecule has 2 N–H and O–H groups in total. The number of carbonyl (C=O) groups excluding carboxylic acids is 2. The van der Waals surface area contributed by atoms with Gasteiger partial charge < -0.3 is 10.1 Å². The van der Waals surface area contributed by atoms with Crippen molar-refractivity contribution >= 4 is 29.2 Å². The summed E-state index contributed by atoms with van der Waals surface area (Å²) in [5.74, 6) is -0.368. The summed E-state index contributed by atoms with van der Waals surface area (Å²) in [5.41, 5.74) is 3.11. The van der Waals surface area contributed by atoms with Gasteiger partial charge in [0, 0.05) is 5.69 Å². The van der Waals surface area contributed by atoms with Crippen molar-refractivity contribution in [3.8, 4) is 11.8 Å². The first-order chi connectivity index (χ1) is 11.9. The molecule has 0 spiro atoms. The van der Waals surface area contributed by atoms with E-state index in [4.69, 9.17) is 21.6 Å². The molecular weight excluding hydrogens is 342 g/mol. The number of nitrogens with one attached hydrogen (secondary N) is 2. The zero-order valence-corrected chi connectivity index (χ0v) is 14.5. The number of nitriles is 1. The Labute approximate surface area is 150 Å². The SMILES string of the molecule is Cc1ccc(NC(=O)NC(=O)COc2ccc(C#N)cc2Cl)cc1C. The van der Waals surface area contributed by atoms with E-state index in [-0.39, 0.29) is 17.4 Å². The smallest absolute Gasteiger partial charge is 0.325 e. The molecule has 7 heteroatoms. The summed E-state index contributed by atoms with van der Waals surface area (Å²) in [4.78, 5) is 23.6. The van der Waals surface area contributed by atoms with Gasteiger partial charge in [-0.1, -0.05) is 17.7 Å². The van der Waals surface area contributed by atoms with Crippen molar-refractivity contribution in [3.05, 3.63) is 58.1 Å². The van der Waals surface area contributed by atoms with E-state index < -0.39 is 11.9 Å². The molecular formula is C18H16ClN3O3. The van der Waals surface area contributed by atoms with Gasteiger partial charge in [-0.05, 0) is 55.3 Å². The topological polar surface area (TPSA) is 91.2 Å². The molecule has 3 amide bonds. The normalized spacial score (nSPS) is 9.84. The van der Waals surface area contributed by atoms with E-state index in [1.165, 1.54) is 18.2 Å². The van der Waals surface area contributed by atoms with Crippen LogP contribution in [0.2, 0.25) is 5.02 Å². The van der Waals surface area contributed by atoms with Crippen LogP contribution < -0.4 is 15.4 Å². The van der Waals surface area contributed by atoms with Gasteiger partial charge in [0.15, 0.2) is 6.61 Å². The van der Waals surface area contributed by atoms with Gasteiger partial charge in [0.2, 0.25) is 0 Å². The van der Waals surface area contributed by atoms with Crippen molar-refractivity contribution < 1.29 is 14.3 Å². The number of ether oxygens (including phenoxy) is 1. The van der Waals surface area contributed by atoms with E-state index in [0.717, 1.165) is 11.1 Å². The van der Waals surface area contributed by atoms with Crippen LogP contribution in [0.15, 0.2) is 36.4 Å². The number of urea groups is 1. The third-order valence-corrected chi connectivity index (χ3v) is 3.73. The lowest BCUT2D eigenvalue weighted by Gasteiger charge is -2.10. The molecule has 0 radical (unpaired) electrons. The van der Waals surface area contributed by atoms with Crippen molar-refractivity contribution in [2.75, 3.05) is 11.9 Å². The third-order valence-electron chi connectivity index (χ3n) is 3.44. The summed E-state index contributed by atoms with van der Waals surface area (Å²) in [6.45, 7) is 3.51. The number of rotatable bonds is 4. The molecule has 0 saturated heterocycles. The van der Waals surface area contributed by atoms with Crippen LogP contribution in [0.1, 0.15) is 16.7 Å². The molecule has 0 fully saturated rings. The summed E-state index contributed by atoms with van der Waals surface area (Å²) < 4.78 is 5.25. The van der Waals surface area contributed by atoms with Crippen molar-refractivity contribution in [3.63, 3.8) is 0 Å². The Balaban J connectivity index is 1.86. The highest BCUT2D eigenvalue weighted by atomic mass is 35.5. The Kier molecular flexibility index (Phi) is 5.98. The lowest BCUT2D eigenvalue weighted by atomic mass is 10.1. The van der Waals surface area contributed by atoms with Crippen molar-refractivity contribution in [2.24, 2.45) is 0 Å². The number of hydrogen-bond acceptors (Lipinski definition) is 4. The lowest BCUT2D eigenvalue weighted by Crippen LogP contribution is -2.37. The summed E-state index contributed by atoms with van der Waals surface area (Å²) in [6.07, 6.45) is 0. The number of hydrogen-bond donors (Lipinski definition) is 2. The average Bonchev–Trinajstić information content (AvgIpc) is 2.56. The molecule has 0 aromatic heterocycles. The zero-order valence-electron chi connectivity index (χ0n) is 13.7. The maximum absolute atomic E-state index is 11.8. The van der Waals surface area contributed by atoms with Gasteiger partial charge in [-0.2, -0.15) is 5.26 Å². The molecule has 0 saturated carbocycles. The number of carbonyl (C=O) groups is 2. The van der Waals surface area contributed by atoms with Crippen LogP contribution in [0, 0.1) is 25.2 Å². The summed E-state index contributed by atoms with van der Waals surface area (Å²) in [7, 11) is 0. The number of anilines is 1. The molecule has 2 rings (SSSR count). The molecule has 0 atom stereocenters. The zero-order chi connectivity index (χ0) is 18.4.